The van der Waals surface area contributed by atoms with Crippen LogP contribution in [-0.4, -0.2) is 34.9 Å². The molecule has 2 aromatic rings. The van der Waals surface area contributed by atoms with Gasteiger partial charge in [0.25, 0.3) is 5.91 Å². The smallest absolute Gasteiger partial charge is 0.254 e. The number of carbonyl (C=O) groups is 1. The molecule has 1 amide bonds. The molecule has 4 nitrogen and oxygen atoms in total. The third-order valence-corrected chi connectivity index (χ3v) is 4.96. The summed E-state index contributed by atoms with van der Waals surface area (Å²) in [5, 5.41) is 0. The van der Waals surface area contributed by atoms with Crippen molar-refractivity contribution in [3.63, 3.8) is 0 Å². The zero-order valence-corrected chi connectivity index (χ0v) is 14.4. The third-order valence-electron chi connectivity index (χ3n) is 4.96. The first-order chi connectivity index (χ1) is 11.6. The molecule has 0 radical (unpaired) electrons. The summed E-state index contributed by atoms with van der Waals surface area (Å²) in [7, 11) is 0. The Morgan fingerprint density at radius 3 is 2.88 bits per heavy atom. The van der Waals surface area contributed by atoms with Crippen molar-refractivity contribution in [1.82, 2.24) is 9.88 Å². The fourth-order valence-corrected chi connectivity index (χ4v) is 3.60. The molecule has 0 saturated carbocycles. The molecule has 1 fully saturated rings. The molecule has 2 heterocycles. The molecule has 0 aliphatic carbocycles. The maximum atomic E-state index is 13.3. The van der Waals surface area contributed by atoms with Crippen molar-refractivity contribution >= 4 is 5.91 Å². The van der Waals surface area contributed by atoms with E-state index in [0.29, 0.717) is 12.5 Å². The molecular weight excluding hydrogens is 298 g/mol. The highest BCUT2D eigenvalue weighted by atomic mass is 16.2. The van der Waals surface area contributed by atoms with E-state index < -0.39 is 0 Å². The lowest BCUT2D eigenvalue weighted by Gasteiger charge is -2.39. The first kappa shape index (κ1) is 16.7. The van der Waals surface area contributed by atoms with Crippen LogP contribution in [-0.2, 0) is 0 Å². The van der Waals surface area contributed by atoms with E-state index in [4.69, 9.17) is 5.73 Å². The summed E-state index contributed by atoms with van der Waals surface area (Å²) in [6.07, 6.45) is 3.93. The summed E-state index contributed by atoms with van der Waals surface area (Å²) in [6, 6.07) is 11.9. The second-order valence-corrected chi connectivity index (χ2v) is 6.69. The highest BCUT2D eigenvalue weighted by molar-refractivity contribution is 6.01. The van der Waals surface area contributed by atoms with Gasteiger partial charge in [-0.3, -0.25) is 9.78 Å². The number of benzene rings is 1. The molecule has 1 aliphatic heterocycles. The second-order valence-electron chi connectivity index (χ2n) is 6.69. The van der Waals surface area contributed by atoms with Gasteiger partial charge in [0.15, 0.2) is 0 Å². The minimum Gasteiger partial charge on any atom is -0.334 e. The lowest BCUT2D eigenvalue weighted by molar-refractivity contribution is 0.0533. The van der Waals surface area contributed by atoms with Gasteiger partial charge in [-0.1, -0.05) is 30.7 Å². The Kier molecular flexibility index (Phi) is 4.95. The van der Waals surface area contributed by atoms with Crippen molar-refractivity contribution in [2.45, 2.75) is 32.7 Å². The zero-order chi connectivity index (χ0) is 17.1. The number of rotatable bonds is 3. The molecule has 1 unspecified atom stereocenters. The lowest BCUT2D eigenvalue weighted by Crippen LogP contribution is -2.51. The standard InChI is InChI=1S/C20H25N3O/c1-14-8-9-16(18-7-3-4-10-22-18)17(12-14)20(24)23-11-5-6-15(2)19(23)13-21/h3-4,7-10,12,15,19H,5-6,11,13,21H2,1-2H3/t15-,19?/m1/s1. The van der Waals surface area contributed by atoms with Crippen LogP contribution in [0.4, 0.5) is 0 Å². The highest BCUT2D eigenvalue weighted by Crippen LogP contribution is 2.28. The Labute approximate surface area is 143 Å². The van der Waals surface area contributed by atoms with Gasteiger partial charge in [-0.25, -0.2) is 0 Å². The SMILES string of the molecule is Cc1ccc(-c2ccccn2)c(C(=O)N2CCC[C@@H](C)C2CN)c1. The summed E-state index contributed by atoms with van der Waals surface area (Å²) in [4.78, 5) is 19.7. The minimum atomic E-state index is 0.0707. The largest absolute Gasteiger partial charge is 0.334 e. The molecule has 2 N–H and O–H groups in total. The summed E-state index contributed by atoms with van der Waals surface area (Å²) in [5.41, 5.74) is 9.49. The predicted molar refractivity (Wildman–Crippen MR) is 96.7 cm³/mol. The van der Waals surface area contributed by atoms with Gasteiger partial charge < -0.3 is 10.6 Å². The van der Waals surface area contributed by atoms with Crippen LogP contribution in [0, 0.1) is 12.8 Å². The van der Waals surface area contributed by atoms with Crippen molar-refractivity contribution in [3.05, 3.63) is 53.7 Å². The Balaban J connectivity index is 2.02. The lowest BCUT2D eigenvalue weighted by atomic mass is 9.89. The Morgan fingerprint density at radius 2 is 2.17 bits per heavy atom. The van der Waals surface area contributed by atoms with E-state index in [1.54, 1.807) is 6.20 Å². The average Bonchev–Trinajstić information content (AvgIpc) is 2.61. The van der Waals surface area contributed by atoms with Crippen LogP contribution >= 0.6 is 0 Å². The van der Waals surface area contributed by atoms with Gasteiger partial charge in [0.05, 0.1) is 5.69 Å². The molecule has 4 heteroatoms. The molecular formula is C20H25N3O. The molecule has 3 rings (SSSR count). The number of hydrogen-bond donors (Lipinski definition) is 1. The minimum absolute atomic E-state index is 0.0707. The third kappa shape index (κ3) is 3.20. The van der Waals surface area contributed by atoms with E-state index in [1.807, 2.05) is 48.2 Å². The van der Waals surface area contributed by atoms with E-state index in [1.165, 1.54) is 0 Å². The van der Waals surface area contributed by atoms with E-state index in [9.17, 15) is 4.79 Å². The van der Waals surface area contributed by atoms with Crippen molar-refractivity contribution in [2.75, 3.05) is 13.1 Å². The Bertz CT molecular complexity index is 714. The number of piperidine rings is 1. The zero-order valence-electron chi connectivity index (χ0n) is 14.4. The van der Waals surface area contributed by atoms with Crippen LogP contribution in [0.5, 0.6) is 0 Å². The Hall–Kier alpha value is -2.20. The molecule has 0 bridgehead atoms. The Morgan fingerprint density at radius 1 is 1.33 bits per heavy atom. The first-order valence-electron chi connectivity index (χ1n) is 8.65. The van der Waals surface area contributed by atoms with E-state index >= 15 is 0 Å². The maximum absolute atomic E-state index is 13.3. The molecule has 24 heavy (non-hydrogen) atoms. The normalized spacial score (nSPS) is 20.9. The number of hydrogen-bond acceptors (Lipinski definition) is 3. The van der Waals surface area contributed by atoms with Crippen molar-refractivity contribution in [1.29, 1.82) is 0 Å². The monoisotopic (exact) mass is 323 g/mol. The van der Waals surface area contributed by atoms with Gasteiger partial charge in [-0.15, -0.1) is 0 Å². The predicted octanol–water partition coefficient (Wildman–Crippen LogP) is 3.26. The number of nitrogens with two attached hydrogens (primary N) is 1. The fourth-order valence-electron chi connectivity index (χ4n) is 3.60. The van der Waals surface area contributed by atoms with Crippen LogP contribution in [0.3, 0.4) is 0 Å². The molecule has 1 saturated heterocycles. The van der Waals surface area contributed by atoms with Gasteiger partial charge in [0.1, 0.15) is 0 Å². The molecule has 1 aromatic carbocycles. The van der Waals surface area contributed by atoms with Crippen LogP contribution in [0.1, 0.15) is 35.7 Å². The maximum Gasteiger partial charge on any atom is 0.254 e. The number of nitrogens with zero attached hydrogens (tertiary/aromatic N) is 2. The fraction of sp³-hybridized carbons (Fsp3) is 0.400. The summed E-state index contributed by atoms with van der Waals surface area (Å²) < 4.78 is 0. The summed E-state index contributed by atoms with van der Waals surface area (Å²) in [5.74, 6) is 0.511. The number of aromatic nitrogens is 1. The summed E-state index contributed by atoms with van der Waals surface area (Å²) in [6.45, 7) is 5.49. The molecule has 1 aliphatic rings. The molecule has 1 aromatic heterocycles. The van der Waals surface area contributed by atoms with Crippen LogP contribution in [0.25, 0.3) is 11.3 Å². The quantitative estimate of drug-likeness (QED) is 0.943. The first-order valence-corrected chi connectivity index (χ1v) is 8.65. The van der Waals surface area contributed by atoms with Crippen molar-refractivity contribution < 1.29 is 4.79 Å². The molecule has 2 atom stereocenters. The number of carbonyl (C=O) groups excluding carboxylic acids is 1. The molecule has 126 valence electrons. The van der Waals surface area contributed by atoms with Gasteiger partial charge >= 0.3 is 0 Å². The number of likely N-dealkylation sites (tertiary alicyclic amines) is 1. The van der Waals surface area contributed by atoms with Crippen LogP contribution in [0.2, 0.25) is 0 Å². The van der Waals surface area contributed by atoms with E-state index in [2.05, 4.69) is 11.9 Å². The van der Waals surface area contributed by atoms with E-state index in [0.717, 1.165) is 41.8 Å². The second kappa shape index (κ2) is 7.14. The van der Waals surface area contributed by atoms with Gasteiger partial charge in [-0.05, 0) is 43.9 Å². The van der Waals surface area contributed by atoms with Gasteiger partial charge in [0.2, 0.25) is 0 Å². The number of amides is 1. The topological polar surface area (TPSA) is 59.2 Å². The van der Waals surface area contributed by atoms with Crippen molar-refractivity contribution in [3.8, 4) is 11.3 Å². The number of aryl methyl sites for hydroxylation is 1. The number of pyridine rings is 1. The van der Waals surface area contributed by atoms with Crippen molar-refractivity contribution in [2.24, 2.45) is 11.7 Å². The van der Waals surface area contributed by atoms with Gasteiger partial charge in [0, 0.05) is 36.5 Å². The van der Waals surface area contributed by atoms with Crippen LogP contribution in [0.15, 0.2) is 42.6 Å². The van der Waals surface area contributed by atoms with Gasteiger partial charge in [-0.2, -0.15) is 0 Å². The summed E-state index contributed by atoms with van der Waals surface area (Å²) >= 11 is 0. The van der Waals surface area contributed by atoms with E-state index in [-0.39, 0.29) is 11.9 Å². The molecule has 0 spiro atoms. The van der Waals surface area contributed by atoms with Crippen LogP contribution < -0.4 is 5.73 Å². The average molecular weight is 323 g/mol. The highest BCUT2D eigenvalue weighted by Gasteiger charge is 2.32.